The van der Waals surface area contributed by atoms with Gasteiger partial charge < -0.3 is 5.32 Å². The summed E-state index contributed by atoms with van der Waals surface area (Å²) in [7, 11) is 0. The maximum absolute atomic E-state index is 13.5. The van der Waals surface area contributed by atoms with E-state index in [0.717, 1.165) is 22.7 Å². The molecule has 3 aromatic carbocycles. The molecule has 0 fully saturated rings. The lowest BCUT2D eigenvalue weighted by molar-refractivity contribution is 0.541. The fourth-order valence-electron chi connectivity index (χ4n) is 2.32. The number of hydrazone groups is 1. The monoisotopic (exact) mass is 359 g/mol. The maximum Gasteiger partial charge on any atom is 0.191 e. The van der Waals surface area contributed by atoms with Gasteiger partial charge in [-0.05, 0) is 23.7 Å². The lowest BCUT2D eigenvalue weighted by Crippen LogP contribution is -2.24. The third kappa shape index (κ3) is 3.95. The normalized spacial score (nSPS) is 11.0. The lowest BCUT2D eigenvalue weighted by Gasteiger charge is -2.10. The summed E-state index contributed by atoms with van der Waals surface area (Å²) in [5.74, 6) is -3.08. The summed E-state index contributed by atoms with van der Waals surface area (Å²) < 4.78 is 39.9. The summed E-state index contributed by atoms with van der Waals surface area (Å²) in [6.07, 6.45) is 0.904. The van der Waals surface area contributed by atoms with E-state index >= 15 is 0 Å². The highest BCUT2D eigenvalue weighted by atomic mass is 32.1. The third-order valence-corrected chi connectivity index (χ3v) is 3.63. The second-order valence-corrected chi connectivity index (χ2v) is 5.54. The second kappa shape index (κ2) is 7.31. The Hall–Kier alpha value is -2.93. The molecule has 25 heavy (non-hydrogen) atoms. The maximum atomic E-state index is 13.5. The average Bonchev–Trinajstić information content (AvgIpc) is 2.57. The zero-order valence-electron chi connectivity index (χ0n) is 12.8. The fraction of sp³-hybridized carbons (Fsp3) is 0. The van der Waals surface area contributed by atoms with Crippen molar-refractivity contribution in [3.63, 3.8) is 0 Å². The summed E-state index contributed by atoms with van der Waals surface area (Å²) >= 11 is 5.12. The molecule has 0 saturated heterocycles. The van der Waals surface area contributed by atoms with E-state index in [1.165, 1.54) is 0 Å². The van der Waals surface area contributed by atoms with E-state index < -0.39 is 23.0 Å². The van der Waals surface area contributed by atoms with E-state index in [9.17, 15) is 13.2 Å². The predicted molar refractivity (Wildman–Crippen MR) is 97.2 cm³/mol. The first-order valence-electron chi connectivity index (χ1n) is 7.27. The smallest absolute Gasteiger partial charge is 0.191 e. The molecule has 0 saturated carbocycles. The Morgan fingerprint density at radius 1 is 0.960 bits per heavy atom. The van der Waals surface area contributed by atoms with Crippen LogP contribution in [0, 0.1) is 17.5 Å². The number of anilines is 1. The number of thiocarbonyl (C=S) groups is 1. The van der Waals surface area contributed by atoms with Crippen LogP contribution in [0.25, 0.3) is 10.8 Å². The Labute approximate surface area is 147 Å². The molecular weight excluding hydrogens is 347 g/mol. The molecule has 0 amide bonds. The van der Waals surface area contributed by atoms with E-state index in [1.54, 1.807) is 0 Å². The standard InChI is InChI=1S/C18H12F3N3S/c19-12-8-15(20)14(16(21)9-12)10-22-24-18(25)23-17-7-3-5-11-4-1-2-6-13(11)17/h1-10H,(H2,23,24,25)/b22-10+. The van der Waals surface area contributed by atoms with Crippen LogP contribution >= 0.6 is 12.2 Å². The van der Waals surface area contributed by atoms with Gasteiger partial charge in [-0.1, -0.05) is 36.4 Å². The van der Waals surface area contributed by atoms with Crippen LogP contribution in [0.2, 0.25) is 0 Å². The molecule has 7 heteroatoms. The molecule has 2 N–H and O–H groups in total. The van der Waals surface area contributed by atoms with Crippen LogP contribution in [0.5, 0.6) is 0 Å². The molecular formula is C18H12F3N3S. The average molecular weight is 359 g/mol. The minimum Gasteiger partial charge on any atom is -0.331 e. The number of hydrogen-bond acceptors (Lipinski definition) is 2. The second-order valence-electron chi connectivity index (χ2n) is 5.13. The van der Waals surface area contributed by atoms with Gasteiger partial charge in [-0.25, -0.2) is 13.2 Å². The first-order chi connectivity index (χ1) is 12.0. The molecule has 0 aliphatic heterocycles. The van der Waals surface area contributed by atoms with Crippen molar-refractivity contribution in [2.75, 3.05) is 5.32 Å². The Bertz CT molecular complexity index is 944. The van der Waals surface area contributed by atoms with Crippen molar-refractivity contribution in [2.45, 2.75) is 0 Å². The fourth-order valence-corrected chi connectivity index (χ4v) is 2.48. The molecule has 0 aliphatic rings. The van der Waals surface area contributed by atoms with Gasteiger partial charge in [0.05, 0.1) is 11.8 Å². The van der Waals surface area contributed by atoms with Gasteiger partial charge >= 0.3 is 0 Å². The minimum absolute atomic E-state index is 0.149. The van der Waals surface area contributed by atoms with Crippen LogP contribution in [0.4, 0.5) is 18.9 Å². The topological polar surface area (TPSA) is 36.4 Å². The molecule has 3 rings (SSSR count). The summed E-state index contributed by atoms with van der Waals surface area (Å²) in [5.41, 5.74) is 2.79. The van der Waals surface area contributed by atoms with Gasteiger partial charge in [-0.3, -0.25) is 5.43 Å². The molecule has 0 heterocycles. The molecule has 3 aromatic rings. The summed E-state index contributed by atoms with van der Waals surface area (Å²) in [6.45, 7) is 0. The van der Waals surface area contributed by atoms with Gasteiger partial charge in [0.25, 0.3) is 0 Å². The van der Waals surface area contributed by atoms with Crippen LogP contribution in [0.3, 0.4) is 0 Å². The number of hydrogen-bond donors (Lipinski definition) is 2. The Morgan fingerprint density at radius 3 is 2.40 bits per heavy atom. The van der Waals surface area contributed by atoms with Gasteiger partial charge in [0.2, 0.25) is 0 Å². The number of fused-ring (bicyclic) bond motifs is 1. The molecule has 0 aliphatic carbocycles. The molecule has 0 radical (unpaired) electrons. The van der Waals surface area contributed by atoms with Gasteiger partial charge in [0.1, 0.15) is 17.5 Å². The number of halogens is 3. The highest BCUT2D eigenvalue weighted by Crippen LogP contribution is 2.22. The molecule has 0 unspecified atom stereocenters. The summed E-state index contributed by atoms with van der Waals surface area (Å²) in [5, 5.41) is 8.81. The number of nitrogens with zero attached hydrogens (tertiary/aromatic N) is 1. The van der Waals surface area contributed by atoms with Crippen LogP contribution in [0.15, 0.2) is 59.7 Å². The van der Waals surface area contributed by atoms with Gasteiger partial charge in [0.15, 0.2) is 5.11 Å². The molecule has 3 nitrogen and oxygen atoms in total. The predicted octanol–water partition coefficient (Wildman–Crippen LogP) is 4.58. The van der Waals surface area contributed by atoms with E-state index in [-0.39, 0.29) is 5.11 Å². The SMILES string of the molecule is Fc1cc(F)c(/C=N/NC(=S)Nc2cccc3ccccc23)c(F)c1. The van der Waals surface area contributed by atoms with Crippen LogP contribution in [0.1, 0.15) is 5.56 Å². The van der Waals surface area contributed by atoms with Crippen molar-refractivity contribution in [1.82, 2.24) is 5.43 Å². The van der Waals surface area contributed by atoms with Crippen LogP contribution in [-0.4, -0.2) is 11.3 Å². The minimum atomic E-state index is -1.05. The Balaban J connectivity index is 1.71. The number of nitrogens with one attached hydrogen (secondary N) is 2. The van der Waals surface area contributed by atoms with Crippen molar-refractivity contribution in [3.05, 3.63) is 77.6 Å². The van der Waals surface area contributed by atoms with Crippen molar-refractivity contribution < 1.29 is 13.2 Å². The van der Waals surface area contributed by atoms with Crippen molar-refractivity contribution in [2.24, 2.45) is 5.10 Å². The highest BCUT2D eigenvalue weighted by Gasteiger charge is 2.09. The lowest BCUT2D eigenvalue weighted by atomic mass is 10.1. The van der Waals surface area contributed by atoms with Crippen LogP contribution in [-0.2, 0) is 0 Å². The van der Waals surface area contributed by atoms with Crippen molar-refractivity contribution >= 4 is 40.0 Å². The molecule has 0 aromatic heterocycles. The van der Waals surface area contributed by atoms with Gasteiger partial charge in [0, 0.05) is 23.2 Å². The molecule has 0 atom stereocenters. The zero-order chi connectivity index (χ0) is 17.8. The summed E-state index contributed by atoms with van der Waals surface area (Å²) in [4.78, 5) is 0. The first kappa shape index (κ1) is 16.9. The first-order valence-corrected chi connectivity index (χ1v) is 7.68. The van der Waals surface area contributed by atoms with Crippen LogP contribution < -0.4 is 10.7 Å². The molecule has 0 spiro atoms. The third-order valence-electron chi connectivity index (χ3n) is 3.44. The summed E-state index contributed by atoms with van der Waals surface area (Å²) in [6, 6.07) is 14.6. The Morgan fingerprint density at radius 2 is 1.64 bits per heavy atom. The van der Waals surface area contributed by atoms with Crippen molar-refractivity contribution in [3.8, 4) is 0 Å². The highest BCUT2D eigenvalue weighted by molar-refractivity contribution is 7.80. The van der Waals surface area contributed by atoms with Gasteiger partial charge in [-0.15, -0.1) is 0 Å². The zero-order valence-corrected chi connectivity index (χ0v) is 13.6. The number of rotatable bonds is 3. The number of benzene rings is 3. The quantitative estimate of drug-likeness (QED) is 0.408. The van der Waals surface area contributed by atoms with Gasteiger partial charge in [-0.2, -0.15) is 5.10 Å². The van der Waals surface area contributed by atoms with E-state index in [2.05, 4.69) is 15.8 Å². The van der Waals surface area contributed by atoms with Crippen molar-refractivity contribution in [1.29, 1.82) is 0 Å². The van der Waals surface area contributed by atoms with E-state index in [1.807, 2.05) is 42.5 Å². The van der Waals surface area contributed by atoms with E-state index in [0.29, 0.717) is 12.1 Å². The molecule has 0 bridgehead atoms. The molecule has 126 valence electrons. The van der Waals surface area contributed by atoms with E-state index in [4.69, 9.17) is 12.2 Å². The Kier molecular flexibility index (Phi) is 4.95. The largest absolute Gasteiger partial charge is 0.331 e.